The molecule has 1 saturated heterocycles. The maximum Gasteiger partial charge on any atom is 0.258 e. The molecule has 0 bridgehead atoms. The molecule has 31 heavy (non-hydrogen) atoms. The van der Waals surface area contributed by atoms with Gasteiger partial charge in [0.1, 0.15) is 11.6 Å². The van der Waals surface area contributed by atoms with Gasteiger partial charge in [0.25, 0.3) is 5.91 Å². The highest BCUT2D eigenvalue weighted by molar-refractivity contribution is 7.98. The molecule has 1 aliphatic rings. The average Bonchev–Trinajstić information content (AvgIpc) is 3.20. The average molecular weight is 441 g/mol. The van der Waals surface area contributed by atoms with Gasteiger partial charge in [0.05, 0.1) is 18.1 Å². The highest BCUT2D eigenvalue weighted by Gasteiger charge is 2.19. The molecule has 2 aromatic heterocycles. The van der Waals surface area contributed by atoms with Gasteiger partial charge in [0, 0.05) is 19.6 Å². The van der Waals surface area contributed by atoms with Crippen molar-refractivity contribution in [2.45, 2.75) is 37.9 Å². The summed E-state index contributed by atoms with van der Waals surface area (Å²) >= 11 is 1.53. The largest absolute Gasteiger partial charge is 0.484 e. The number of benzene rings is 1. The molecule has 0 saturated carbocycles. The second-order valence-electron chi connectivity index (χ2n) is 7.64. The van der Waals surface area contributed by atoms with E-state index < -0.39 is 0 Å². The van der Waals surface area contributed by atoms with Crippen molar-refractivity contribution in [3.05, 3.63) is 36.0 Å². The fourth-order valence-corrected chi connectivity index (χ4v) is 4.08. The van der Waals surface area contributed by atoms with E-state index in [1.54, 1.807) is 0 Å². The Morgan fingerprint density at radius 2 is 2.06 bits per heavy atom. The van der Waals surface area contributed by atoms with Crippen LogP contribution in [0.2, 0.25) is 0 Å². The molecule has 1 amide bonds. The van der Waals surface area contributed by atoms with Gasteiger partial charge in [0.2, 0.25) is 0 Å². The standard InChI is InChI=1S/C22H28N6O2S/c1-16-7-6-8-17(13-16)30-15-19(29)23-9-12-28-21-18(14-24-28)20(25-22(26-21)31-2)27-10-4-3-5-11-27/h6-8,13-14H,3-5,9-12,15H2,1-2H3,(H,23,29). The Morgan fingerprint density at radius 3 is 2.84 bits per heavy atom. The van der Waals surface area contributed by atoms with Crippen LogP contribution in [0.25, 0.3) is 11.0 Å². The second kappa shape index (κ2) is 10.00. The first-order valence-corrected chi connectivity index (χ1v) is 11.8. The summed E-state index contributed by atoms with van der Waals surface area (Å²) < 4.78 is 7.40. The molecule has 9 heteroatoms. The fourth-order valence-electron chi connectivity index (χ4n) is 3.73. The number of ether oxygens (including phenoxy) is 1. The Labute approximate surface area is 186 Å². The van der Waals surface area contributed by atoms with Crippen molar-refractivity contribution < 1.29 is 9.53 Å². The minimum atomic E-state index is -0.161. The third-order valence-corrected chi connectivity index (χ3v) is 5.85. The van der Waals surface area contributed by atoms with E-state index in [-0.39, 0.29) is 12.5 Å². The summed E-state index contributed by atoms with van der Waals surface area (Å²) in [6.07, 6.45) is 7.46. The minimum absolute atomic E-state index is 0.0127. The molecule has 0 spiro atoms. The summed E-state index contributed by atoms with van der Waals surface area (Å²) in [7, 11) is 0. The zero-order chi connectivity index (χ0) is 21.6. The molecule has 3 heterocycles. The number of carbonyl (C=O) groups excluding carboxylic acids is 1. The molecule has 0 aliphatic carbocycles. The van der Waals surface area contributed by atoms with Crippen LogP contribution in [0.1, 0.15) is 24.8 Å². The van der Waals surface area contributed by atoms with Crippen molar-refractivity contribution >= 4 is 34.5 Å². The van der Waals surface area contributed by atoms with Crippen LogP contribution >= 0.6 is 11.8 Å². The summed E-state index contributed by atoms with van der Waals surface area (Å²) in [5.41, 5.74) is 1.91. The van der Waals surface area contributed by atoms with Gasteiger partial charge in [-0.1, -0.05) is 23.9 Å². The van der Waals surface area contributed by atoms with E-state index in [2.05, 4.69) is 20.3 Å². The van der Waals surface area contributed by atoms with E-state index in [0.29, 0.717) is 18.8 Å². The molecular weight excluding hydrogens is 412 g/mol. The molecule has 164 valence electrons. The van der Waals surface area contributed by atoms with Crippen LogP contribution in [0, 0.1) is 6.92 Å². The number of anilines is 1. The Bertz CT molecular complexity index is 1050. The number of nitrogens with zero attached hydrogens (tertiary/aromatic N) is 5. The van der Waals surface area contributed by atoms with Gasteiger partial charge in [-0.3, -0.25) is 4.79 Å². The van der Waals surface area contributed by atoms with Gasteiger partial charge in [0.15, 0.2) is 17.4 Å². The summed E-state index contributed by atoms with van der Waals surface area (Å²) in [5.74, 6) is 1.50. The quantitative estimate of drug-likeness (QED) is 0.426. The van der Waals surface area contributed by atoms with Gasteiger partial charge in [-0.05, 0) is 50.1 Å². The van der Waals surface area contributed by atoms with Crippen molar-refractivity contribution in [1.82, 2.24) is 25.1 Å². The number of fused-ring (bicyclic) bond motifs is 1. The van der Waals surface area contributed by atoms with E-state index in [0.717, 1.165) is 40.7 Å². The SMILES string of the molecule is CSc1nc(N2CCCCC2)c2cnn(CCNC(=O)COc3cccc(C)c3)c2n1. The van der Waals surface area contributed by atoms with E-state index in [1.165, 1.54) is 31.0 Å². The summed E-state index contributed by atoms with van der Waals surface area (Å²) in [5, 5.41) is 9.12. The van der Waals surface area contributed by atoms with Crippen LogP contribution in [-0.2, 0) is 11.3 Å². The van der Waals surface area contributed by atoms with Crippen molar-refractivity contribution in [1.29, 1.82) is 0 Å². The number of carbonyl (C=O) groups is 1. The predicted molar refractivity (Wildman–Crippen MR) is 123 cm³/mol. The summed E-state index contributed by atoms with van der Waals surface area (Å²) in [6, 6.07) is 7.66. The number of hydrogen-bond donors (Lipinski definition) is 1. The van der Waals surface area contributed by atoms with Gasteiger partial charge in [-0.2, -0.15) is 5.10 Å². The van der Waals surface area contributed by atoms with Gasteiger partial charge in [-0.15, -0.1) is 0 Å². The molecule has 8 nitrogen and oxygen atoms in total. The molecule has 4 rings (SSSR count). The van der Waals surface area contributed by atoms with Crippen LogP contribution in [0.4, 0.5) is 5.82 Å². The normalized spacial score (nSPS) is 14.1. The zero-order valence-corrected chi connectivity index (χ0v) is 18.8. The molecule has 1 aliphatic heterocycles. The minimum Gasteiger partial charge on any atom is -0.484 e. The van der Waals surface area contributed by atoms with E-state index in [4.69, 9.17) is 9.72 Å². The number of thioether (sulfide) groups is 1. The highest BCUT2D eigenvalue weighted by Crippen LogP contribution is 2.28. The summed E-state index contributed by atoms with van der Waals surface area (Å²) in [4.78, 5) is 23.9. The molecule has 1 fully saturated rings. The number of rotatable bonds is 8. The molecule has 0 radical (unpaired) electrons. The van der Waals surface area contributed by atoms with Crippen LogP contribution in [0.3, 0.4) is 0 Å². The summed E-state index contributed by atoms with van der Waals surface area (Å²) in [6.45, 7) is 4.99. The van der Waals surface area contributed by atoms with Crippen molar-refractivity contribution in [2.75, 3.05) is 37.4 Å². The van der Waals surface area contributed by atoms with Crippen molar-refractivity contribution in [3.63, 3.8) is 0 Å². The van der Waals surface area contributed by atoms with Crippen LogP contribution in [-0.4, -0.2) is 58.2 Å². The molecule has 0 atom stereocenters. The lowest BCUT2D eigenvalue weighted by atomic mass is 10.1. The molecule has 3 aromatic rings. The van der Waals surface area contributed by atoms with Gasteiger partial charge >= 0.3 is 0 Å². The molecule has 0 unspecified atom stereocenters. The number of hydrogen-bond acceptors (Lipinski definition) is 7. The smallest absolute Gasteiger partial charge is 0.258 e. The monoisotopic (exact) mass is 440 g/mol. The lowest BCUT2D eigenvalue weighted by molar-refractivity contribution is -0.123. The van der Waals surface area contributed by atoms with E-state index >= 15 is 0 Å². The van der Waals surface area contributed by atoms with Gasteiger partial charge in [-0.25, -0.2) is 14.6 Å². The first-order valence-electron chi connectivity index (χ1n) is 10.6. The first kappa shape index (κ1) is 21.4. The van der Waals surface area contributed by atoms with E-state index in [9.17, 15) is 4.79 Å². The second-order valence-corrected chi connectivity index (χ2v) is 8.42. The van der Waals surface area contributed by atoms with Crippen LogP contribution < -0.4 is 15.0 Å². The van der Waals surface area contributed by atoms with Crippen LogP contribution in [0.15, 0.2) is 35.6 Å². The predicted octanol–water partition coefficient (Wildman–Crippen LogP) is 3.04. The Hall–Kier alpha value is -2.81. The number of aromatic nitrogens is 4. The lowest BCUT2D eigenvalue weighted by Gasteiger charge is -2.28. The Balaban J connectivity index is 1.38. The van der Waals surface area contributed by atoms with Gasteiger partial charge < -0.3 is 15.0 Å². The number of amides is 1. The molecule has 1 N–H and O–H groups in total. The lowest BCUT2D eigenvalue weighted by Crippen LogP contribution is -2.32. The maximum absolute atomic E-state index is 12.2. The third-order valence-electron chi connectivity index (χ3n) is 5.30. The van der Waals surface area contributed by atoms with E-state index in [1.807, 2.05) is 48.3 Å². The Morgan fingerprint density at radius 1 is 1.23 bits per heavy atom. The number of nitrogens with one attached hydrogen (secondary N) is 1. The highest BCUT2D eigenvalue weighted by atomic mass is 32.2. The third kappa shape index (κ3) is 5.28. The topological polar surface area (TPSA) is 85.2 Å². The zero-order valence-electron chi connectivity index (χ0n) is 18.0. The first-order chi connectivity index (χ1) is 15.1. The molecular formula is C22H28N6O2S. The fraction of sp³-hybridized carbons (Fsp3) is 0.455. The van der Waals surface area contributed by atoms with Crippen molar-refractivity contribution in [2.24, 2.45) is 0 Å². The van der Waals surface area contributed by atoms with Crippen molar-refractivity contribution in [3.8, 4) is 5.75 Å². The number of aryl methyl sites for hydroxylation is 1. The van der Waals surface area contributed by atoms with Crippen LogP contribution in [0.5, 0.6) is 5.75 Å². The Kier molecular flexibility index (Phi) is 6.91. The number of piperidine rings is 1. The molecule has 1 aromatic carbocycles. The maximum atomic E-state index is 12.2.